The minimum absolute atomic E-state index is 0.115. The van der Waals surface area contributed by atoms with Crippen molar-refractivity contribution < 1.29 is 9.21 Å². The number of aromatic nitrogens is 1. The van der Waals surface area contributed by atoms with Crippen molar-refractivity contribution in [3.63, 3.8) is 0 Å². The van der Waals surface area contributed by atoms with Crippen LogP contribution in [0.2, 0.25) is 5.02 Å². The number of carbonyl (C=O) groups is 1. The van der Waals surface area contributed by atoms with Gasteiger partial charge in [0.1, 0.15) is 5.52 Å². The van der Waals surface area contributed by atoms with E-state index in [0.717, 1.165) is 18.6 Å². The summed E-state index contributed by atoms with van der Waals surface area (Å²) in [6.07, 6.45) is 0. The van der Waals surface area contributed by atoms with E-state index in [2.05, 4.69) is 4.98 Å². The van der Waals surface area contributed by atoms with Crippen LogP contribution in [0.15, 0.2) is 22.6 Å². The van der Waals surface area contributed by atoms with E-state index < -0.39 is 0 Å². The maximum absolute atomic E-state index is 11.3. The third-order valence-corrected chi connectivity index (χ3v) is 3.57. The lowest BCUT2D eigenvalue weighted by molar-refractivity contribution is -0.129. The molecular weight excluding hydrogens is 266 g/mol. The molecule has 0 spiro atoms. The van der Waals surface area contributed by atoms with Crippen LogP contribution in [-0.4, -0.2) is 42.0 Å². The molecule has 1 aromatic heterocycles. The van der Waals surface area contributed by atoms with Crippen LogP contribution in [0, 0.1) is 0 Å². The van der Waals surface area contributed by atoms with Gasteiger partial charge in [0.25, 0.3) is 6.01 Å². The molecule has 0 bridgehead atoms. The third kappa shape index (κ3) is 2.38. The summed E-state index contributed by atoms with van der Waals surface area (Å²) >= 11 is 5.92. The number of hydrogen-bond acceptors (Lipinski definition) is 4. The van der Waals surface area contributed by atoms with Gasteiger partial charge >= 0.3 is 0 Å². The molecule has 100 valence electrons. The highest BCUT2D eigenvalue weighted by molar-refractivity contribution is 6.31. The lowest BCUT2D eigenvalue weighted by Gasteiger charge is -2.33. The number of fused-ring (bicyclic) bond motifs is 1. The van der Waals surface area contributed by atoms with E-state index in [1.54, 1.807) is 19.1 Å². The van der Waals surface area contributed by atoms with E-state index >= 15 is 0 Å². The molecule has 0 aliphatic carbocycles. The van der Waals surface area contributed by atoms with Crippen LogP contribution < -0.4 is 4.90 Å². The molecule has 0 radical (unpaired) electrons. The Balaban J connectivity index is 1.80. The number of halogens is 1. The monoisotopic (exact) mass is 279 g/mol. The number of hydrogen-bond donors (Lipinski definition) is 0. The zero-order valence-corrected chi connectivity index (χ0v) is 11.4. The second-order valence-electron chi connectivity index (χ2n) is 4.60. The standard InChI is InChI=1S/C13H14ClN3O2/c1-9(18)16-4-6-17(7-5-16)13-15-11-3-2-10(14)8-12(11)19-13/h2-3,8H,4-7H2,1H3. The van der Waals surface area contributed by atoms with E-state index in [9.17, 15) is 4.79 Å². The Morgan fingerprint density at radius 1 is 1.32 bits per heavy atom. The van der Waals surface area contributed by atoms with Crippen molar-refractivity contribution in [1.29, 1.82) is 0 Å². The molecule has 0 saturated carbocycles. The number of rotatable bonds is 1. The van der Waals surface area contributed by atoms with Gasteiger partial charge in [0, 0.05) is 44.2 Å². The molecule has 1 aromatic carbocycles. The average molecular weight is 280 g/mol. The first-order chi connectivity index (χ1) is 9.13. The van der Waals surface area contributed by atoms with Gasteiger partial charge in [0.05, 0.1) is 0 Å². The van der Waals surface area contributed by atoms with Crippen LogP contribution in [0.1, 0.15) is 6.92 Å². The summed E-state index contributed by atoms with van der Waals surface area (Å²) in [5.74, 6) is 0.115. The molecule has 19 heavy (non-hydrogen) atoms. The van der Waals surface area contributed by atoms with Crippen LogP contribution in [-0.2, 0) is 4.79 Å². The van der Waals surface area contributed by atoms with E-state index in [4.69, 9.17) is 16.0 Å². The van der Waals surface area contributed by atoms with Crippen molar-refractivity contribution in [2.45, 2.75) is 6.92 Å². The molecule has 0 N–H and O–H groups in total. The first-order valence-electron chi connectivity index (χ1n) is 6.20. The predicted octanol–water partition coefficient (Wildman–Crippen LogP) is 2.15. The number of carbonyl (C=O) groups excluding carboxylic acids is 1. The summed E-state index contributed by atoms with van der Waals surface area (Å²) in [7, 11) is 0. The topological polar surface area (TPSA) is 49.6 Å². The van der Waals surface area contributed by atoms with Gasteiger partial charge < -0.3 is 14.2 Å². The minimum atomic E-state index is 0.115. The predicted molar refractivity (Wildman–Crippen MR) is 73.5 cm³/mol. The third-order valence-electron chi connectivity index (χ3n) is 3.33. The Morgan fingerprint density at radius 3 is 2.74 bits per heavy atom. The van der Waals surface area contributed by atoms with Gasteiger partial charge in [-0.15, -0.1) is 0 Å². The molecule has 1 saturated heterocycles. The molecule has 0 atom stereocenters. The van der Waals surface area contributed by atoms with Crippen molar-refractivity contribution >= 4 is 34.6 Å². The number of anilines is 1. The Kier molecular flexibility index (Phi) is 3.06. The fourth-order valence-corrected chi connectivity index (χ4v) is 2.40. The van der Waals surface area contributed by atoms with Crippen LogP contribution in [0.4, 0.5) is 6.01 Å². The van der Waals surface area contributed by atoms with Crippen LogP contribution in [0.25, 0.3) is 11.1 Å². The molecule has 2 aromatic rings. The Labute approximate surface area is 115 Å². The summed E-state index contributed by atoms with van der Waals surface area (Å²) in [6.45, 7) is 4.47. The number of piperazine rings is 1. The average Bonchev–Trinajstić information content (AvgIpc) is 2.81. The Hall–Kier alpha value is -1.75. The summed E-state index contributed by atoms with van der Waals surface area (Å²) in [4.78, 5) is 19.6. The molecule has 6 heteroatoms. The molecule has 1 aliphatic rings. The lowest BCUT2D eigenvalue weighted by Crippen LogP contribution is -2.48. The smallest absolute Gasteiger partial charge is 0.298 e. The number of benzene rings is 1. The molecule has 3 rings (SSSR count). The molecule has 1 fully saturated rings. The molecule has 5 nitrogen and oxygen atoms in total. The van der Waals surface area contributed by atoms with Crippen LogP contribution in [0.5, 0.6) is 0 Å². The minimum Gasteiger partial charge on any atom is -0.423 e. The lowest BCUT2D eigenvalue weighted by atomic mass is 10.3. The van der Waals surface area contributed by atoms with Gasteiger partial charge in [-0.3, -0.25) is 4.79 Å². The van der Waals surface area contributed by atoms with Crippen LogP contribution >= 0.6 is 11.6 Å². The first kappa shape index (κ1) is 12.3. The van der Waals surface area contributed by atoms with E-state index in [-0.39, 0.29) is 5.91 Å². The number of oxazole rings is 1. The van der Waals surface area contributed by atoms with Gasteiger partial charge in [0.15, 0.2) is 5.58 Å². The largest absolute Gasteiger partial charge is 0.423 e. The van der Waals surface area contributed by atoms with Crippen molar-refractivity contribution in [3.05, 3.63) is 23.2 Å². The van der Waals surface area contributed by atoms with Gasteiger partial charge in [-0.05, 0) is 12.1 Å². The maximum atomic E-state index is 11.3. The van der Waals surface area contributed by atoms with Crippen molar-refractivity contribution in [2.75, 3.05) is 31.1 Å². The fraction of sp³-hybridized carbons (Fsp3) is 0.385. The van der Waals surface area contributed by atoms with Gasteiger partial charge in [-0.1, -0.05) is 11.6 Å². The Bertz CT molecular complexity index is 617. The summed E-state index contributed by atoms with van der Waals surface area (Å²) in [5.41, 5.74) is 1.49. The molecule has 2 heterocycles. The molecule has 0 unspecified atom stereocenters. The van der Waals surface area contributed by atoms with Gasteiger partial charge in [0.2, 0.25) is 5.91 Å². The van der Waals surface area contributed by atoms with E-state index in [0.29, 0.717) is 29.7 Å². The fourth-order valence-electron chi connectivity index (χ4n) is 2.23. The van der Waals surface area contributed by atoms with Crippen molar-refractivity contribution in [3.8, 4) is 0 Å². The van der Waals surface area contributed by atoms with Crippen molar-refractivity contribution in [1.82, 2.24) is 9.88 Å². The zero-order chi connectivity index (χ0) is 13.4. The summed E-state index contributed by atoms with van der Waals surface area (Å²) in [5, 5.41) is 0.636. The quantitative estimate of drug-likeness (QED) is 0.803. The summed E-state index contributed by atoms with van der Waals surface area (Å²) < 4.78 is 5.71. The van der Waals surface area contributed by atoms with Gasteiger partial charge in [-0.25, -0.2) is 0 Å². The van der Waals surface area contributed by atoms with Crippen molar-refractivity contribution in [2.24, 2.45) is 0 Å². The highest BCUT2D eigenvalue weighted by Crippen LogP contribution is 2.25. The number of nitrogens with zero attached hydrogens (tertiary/aromatic N) is 3. The maximum Gasteiger partial charge on any atom is 0.298 e. The molecule has 1 amide bonds. The SMILES string of the molecule is CC(=O)N1CCN(c2nc3ccc(Cl)cc3o2)CC1. The van der Waals surface area contributed by atoms with E-state index in [1.807, 2.05) is 15.9 Å². The highest BCUT2D eigenvalue weighted by Gasteiger charge is 2.22. The molecular formula is C13H14ClN3O2. The van der Waals surface area contributed by atoms with Gasteiger partial charge in [-0.2, -0.15) is 4.98 Å². The molecule has 1 aliphatic heterocycles. The zero-order valence-electron chi connectivity index (χ0n) is 10.6. The highest BCUT2D eigenvalue weighted by atomic mass is 35.5. The van der Waals surface area contributed by atoms with Crippen LogP contribution in [0.3, 0.4) is 0 Å². The number of amides is 1. The van der Waals surface area contributed by atoms with E-state index in [1.165, 1.54) is 0 Å². The summed E-state index contributed by atoms with van der Waals surface area (Å²) in [6, 6.07) is 6.00. The second kappa shape index (κ2) is 4.74. The first-order valence-corrected chi connectivity index (χ1v) is 6.58. The normalized spacial score (nSPS) is 16.1. The Morgan fingerprint density at radius 2 is 2.05 bits per heavy atom. The second-order valence-corrected chi connectivity index (χ2v) is 5.04.